The average molecular weight is 565 g/mol. The molecule has 3 heterocycles. The van der Waals surface area contributed by atoms with Crippen LogP contribution in [0.2, 0.25) is 0 Å². The van der Waals surface area contributed by atoms with Gasteiger partial charge in [-0.3, -0.25) is 14.4 Å². The molecule has 2 amide bonds. The summed E-state index contributed by atoms with van der Waals surface area (Å²) in [5.41, 5.74) is 3.43. The maximum absolute atomic E-state index is 14.1. The van der Waals surface area contributed by atoms with E-state index in [9.17, 15) is 14.4 Å². The molecule has 3 aliphatic rings. The maximum atomic E-state index is 14.1. The van der Waals surface area contributed by atoms with Crippen LogP contribution in [0.4, 0.5) is 5.69 Å². The molecule has 1 aliphatic carbocycles. The molecule has 1 aromatic heterocycles. The monoisotopic (exact) mass is 564 g/mol. The van der Waals surface area contributed by atoms with Gasteiger partial charge in [0.25, 0.3) is 0 Å². The predicted molar refractivity (Wildman–Crippen MR) is 158 cm³/mol. The number of amides is 2. The molecule has 2 aliphatic heterocycles. The Kier molecular flexibility index (Phi) is 6.99. The summed E-state index contributed by atoms with van der Waals surface area (Å²) in [7, 11) is 0. The molecule has 1 N–H and O–H groups in total. The fourth-order valence-corrected chi connectivity index (χ4v) is 6.58. The van der Waals surface area contributed by atoms with Crippen LogP contribution in [0.25, 0.3) is 11.1 Å². The lowest BCUT2D eigenvalue weighted by Gasteiger charge is -2.30. The second kappa shape index (κ2) is 10.5. The molecule has 1 unspecified atom stereocenters. The summed E-state index contributed by atoms with van der Waals surface area (Å²) < 4.78 is 0. The number of carbonyl (C=O) groups excluding carboxylic acids is 3. The second-order valence-electron chi connectivity index (χ2n) is 12.3. The highest BCUT2D eigenvalue weighted by Gasteiger charge is 2.65. The molecular weight excluding hydrogens is 528 g/mol. The quantitative estimate of drug-likeness (QED) is 0.360. The molecule has 0 spiro atoms. The molecule has 2 fully saturated rings. The minimum Gasteiger partial charge on any atom is -0.354 e. The Balaban J connectivity index is 1.22. The standard InChI is InChI=1S/C33H36N6O3/c1-20-13-24(25-18-35-22(3)36-19-25)14-26-30(20)37-38-33(26,21(2)40)17-29(41)39-27(15-32(4)16-28(32)39)31(42)34-12-8-11-23-9-6-5-7-10-23/h5-7,9-10,13-14,18-19,27-28H,8,11-12,15-17H2,1-4H3,(H,34,42)/t27-,28+,32-,33?/m0/s1. The minimum absolute atomic E-state index is 0.00957. The SMILES string of the molecule is CC(=O)C1(CC(=O)N2[C@H](C(=O)NCCCc3ccccc3)C[C@@]3(C)C[C@@H]23)N=Nc2c(C)cc(-c3cnc(C)nc3)cc21. The average Bonchev–Trinajstić information content (AvgIpc) is 3.32. The number of nitrogens with zero attached hydrogens (tertiary/aromatic N) is 5. The van der Waals surface area contributed by atoms with Crippen molar-refractivity contribution in [1.29, 1.82) is 0 Å². The lowest BCUT2D eigenvalue weighted by molar-refractivity contribution is -0.142. The molecule has 6 rings (SSSR count). The van der Waals surface area contributed by atoms with Gasteiger partial charge in [-0.25, -0.2) is 9.97 Å². The molecule has 0 radical (unpaired) electrons. The van der Waals surface area contributed by atoms with E-state index in [1.54, 1.807) is 17.3 Å². The zero-order chi connectivity index (χ0) is 29.6. The molecule has 3 aromatic rings. The Morgan fingerprint density at radius 3 is 2.48 bits per heavy atom. The van der Waals surface area contributed by atoms with Gasteiger partial charge in [-0.2, -0.15) is 10.2 Å². The van der Waals surface area contributed by atoms with Gasteiger partial charge in [0.05, 0.1) is 12.1 Å². The van der Waals surface area contributed by atoms with Gasteiger partial charge in [-0.05, 0) is 80.7 Å². The third-order valence-electron chi connectivity index (χ3n) is 9.18. The van der Waals surface area contributed by atoms with Crippen molar-refractivity contribution >= 4 is 23.3 Å². The van der Waals surface area contributed by atoms with Crippen molar-refractivity contribution in [3.63, 3.8) is 0 Å². The normalized spacial score (nSPS) is 25.2. The number of aromatic nitrogens is 2. The molecule has 9 nitrogen and oxygen atoms in total. The van der Waals surface area contributed by atoms with E-state index in [2.05, 4.69) is 44.6 Å². The van der Waals surface area contributed by atoms with E-state index >= 15 is 0 Å². The van der Waals surface area contributed by atoms with Crippen molar-refractivity contribution in [1.82, 2.24) is 20.2 Å². The van der Waals surface area contributed by atoms with Crippen molar-refractivity contribution in [3.05, 3.63) is 77.4 Å². The number of hydrogen-bond acceptors (Lipinski definition) is 7. The first-order chi connectivity index (χ1) is 20.1. The zero-order valence-electron chi connectivity index (χ0n) is 24.6. The highest BCUT2D eigenvalue weighted by Crippen LogP contribution is 2.60. The van der Waals surface area contributed by atoms with Crippen LogP contribution in [0.1, 0.15) is 62.0 Å². The summed E-state index contributed by atoms with van der Waals surface area (Å²) in [6, 6.07) is 13.5. The van der Waals surface area contributed by atoms with Crippen LogP contribution in [0, 0.1) is 19.3 Å². The van der Waals surface area contributed by atoms with Crippen LogP contribution in [0.5, 0.6) is 0 Å². The zero-order valence-corrected chi connectivity index (χ0v) is 24.6. The number of carbonyl (C=O) groups is 3. The fraction of sp³-hybridized carbons (Fsp3) is 0.424. The van der Waals surface area contributed by atoms with E-state index < -0.39 is 11.6 Å². The largest absolute Gasteiger partial charge is 0.354 e. The summed E-state index contributed by atoms with van der Waals surface area (Å²) in [6.45, 7) is 7.87. The number of rotatable bonds is 9. The van der Waals surface area contributed by atoms with Crippen LogP contribution < -0.4 is 5.32 Å². The molecular formula is C33H36N6O3. The molecule has 216 valence electrons. The summed E-state index contributed by atoms with van der Waals surface area (Å²) in [5, 5.41) is 11.9. The van der Waals surface area contributed by atoms with E-state index in [1.165, 1.54) is 12.5 Å². The molecule has 2 aromatic carbocycles. The van der Waals surface area contributed by atoms with Crippen molar-refractivity contribution in [2.45, 2.75) is 77.4 Å². The smallest absolute Gasteiger partial charge is 0.242 e. The van der Waals surface area contributed by atoms with E-state index in [-0.39, 0.29) is 35.5 Å². The van der Waals surface area contributed by atoms with Crippen molar-refractivity contribution in [2.24, 2.45) is 15.6 Å². The Morgan fingerprint density at radius 2 is 1.76 bits per heavy atom. The highest BCUT2D eigenvalue weighted by molar-refractivity contribution is 5.98. The fourth-order valence-electron chi connectivity index (χ4n) is 6.58. The van der Waals surface area contributed by atoms with Crippen molar-refractivity contribution in [2.75, 3.05) is 6.54 Å². The van der Waals surface area contributed by atoms with E-state index in [0.29, 0.717) is 30.0 Å². The lowest BCUT2D eigenvalue weighted by Crippen LogP contribution is -2.50. The Bertz CT molecular complexity index is 1590. The van der Waals surface area contributed by atoms with Crippen LogP contribution >= 0.6 is 0 Å². The highest BCUT2D eigenvalue weighted by atomic mass is 16.2. The number of azo groups is 1. The van der Waals surface area contributed by atoms with Gasteiger partial charge in [0.1, 0.15) is 11.9 Å². The number of piperidine rings is 1. The molecule has 9 heteroatoms. The molecule has 1 saturated heterocycles. The predicted octanol–water partition coefficient (Wildman–Crippen LogP) is 5.16. The number of nitrogens with one attached hydrogen (secondary N) is 1. The van der Waals surface area contributed by atoms with Gasteiger partial charge in [0.15, 0.2) is 11.3 Å². The van der Waals surface area contributed by atoms with Crippen LogP contribution in [0.3, 0.4) is 0 Å². The third kappa shape index (κ3) is 4.91. The van der Waals surface area contributed by atoms with E-state index in [0.717, 1.165) is 36.0 Å². The van der Waals surface area contributed by atoms with Crippen molar-refractivity contribution < 1.29 is 14.4 Å². The summed E-state index contributed by atoms with van der Waals surface area (Å²) in [4.78, 5) is 51.1. The molecule has 42 heavy (non-hydrogen) atoms. The van der Waals surface area contributed by atoms with Gasteiger partial charge >= 0.3 is 0 Å². The third-order valence-corrected chi connectivity index (χ3v) is 9.18. The van der Waals surface area contributed by atoms with E-state index in [4.69, 9.17) is 0 Å². The number of fused-ring (bicyclic) bond motifs is 2. The molecule has 4 atom stereocenters. The first-order valence-electron chi connectivity index (χ1n) is 14.6. The Morgan fingerprint density at radius 1 is 1.02 bits per heavy atom. The van der Waals surface area contributed by atoms with Crippen LogP contribution in [0.15, 0.2) is 65.1 Å². The Labute approximate surface area is 245 Å². The van der Waals surface area contributed by atoms with Gasteiger partial charge in [-0.15, -0.1) is 0 Å². The summed E-state index contributed by atoms with van der Waals surface area (Å²) in [5.74, 6) is 0.0366. The number of ketones is 1. The first-order valence-corrected chi connectivity index (χ1v) is 14.6. The van der Waals surface area contributed by atoms with Gasteiger partial charge < -0.3 is 10.2 Å². The second-order valence-corrected chi connectivity index (χ2v) is 12.3. The van der Waals surface area contributed by atoms with Crippen LogP contribution in [-0.2, 0) is 26.3 Å². The number of benzene rings is 2. The number of Topliss-reactive ketones (excluding diaryl/α,β-unsaturated/α-hetero) is 1. The topological polar surface area (TPSA) is 117 Å². The van der Waals surface area contributed by atoms with Gasteiger partial charge in [-0.1, -0.05) is 37.3 Å². The number of likely N-dealkylation sites (tertiary alicyclic amines) is 1. The summed E-state index contributed by atoms with van der Waals surface area (Å²) in [6.07, 6.45) is 6.49. The van der Waals surface area contributed by atoms with Gasteiger partial charge in [0.2, 0.25) is 11.8 Å². The van der Waals surface area contributed by atoms with Gasteiger partial charge in [0, 0.05) is 36.1 Å². The number of hydrogen-bond donors (Lipinski definition) is 1. The lowest BCUT2D eigenvalue weighted by atomic mass is 9.81. The van der Waals surface area contributed by atoms with E-state index in [1.807, 2.05) is 44.2 Å². The van der Waals surface area contributed by atoms with Crippen LogP contribution in [-0.4, -0.2) is 51.1 Å². The first kappa shape index (κ1) is 27.9. The molecule has 0 bridgehead atoms. The maximum Gasteiger partial charge on any atom is 0.242 e. The Hall–Kier alpha value is -4.27. The summed E-state index contributed by atoms with van der Waals surface area (Å²) >= 11 is 0. The molecule has 1 saturated carbocycles. The minimum atomic E-state index is -1.44. The van der Waals surface area contributed by atoms with Crippen molar-refractivity contribution in [3.8, 4) is 11.1 Å². The number of aryl methyl sites for hydroxylation is 3.